The lowest BCUT2D eigenvalue weighted by Gasteiger charge is -2.22. The number of nitrogens with one attached hydrogen (secondary N) is 1. The van der Waals surface area contributed by atoms with Gasteiger partial charge in [0, 0.05) is 18.9 Å². The predicted molar refractivity (Wildman–Crippen MR) is 95.4 cm³/mol. The monoisotopic (exact) mass is 338 g/mol. The molecule has 3 rings (SSSR count). The Morgan fingerprint density at radius 2 is 2.04 bits per heavy atom. The number of nitrogens with zero attached hydrogens (tertiary/aromatic N) is 3. The standard InChI is InChI=1S/C19H22N4O2/c1-22(2)17(18-5-3-12-25-18)14-20-19(24)13-15-6-8-16(9-7-15)23-11-4-10-21-23/h3-12,17H,13-14H2,1-2H3,(H,20,24)/t17-/m1/s1. The molecule has 0 spiro atoms. The SMILES string of the molecule is CN(C)[C@H](CNC(=O)Cc1ccc(-n2cccn2)cc1)c1ccco1. The number of hydrogen-bond donors (Lipinski definition) is 1. The highest BCUT2D eigenvalue weighted by Gasteiger charge is 2.17. The summed E-state index contributed by atoms with van der Waals surface area (Å²) < 4.78 is 7.24. The van der Waals surface area contributed by atoms with Crippen molar-refractivity contribution >= 4 is 5.91 Å². The van der Waals surface area contributed by atoms with Gasteiger partial charge in [0.2, 0.25) is 5.91 Å². The molecule has 0 saturated heterocycles. The summed E-state index contributed by atoms with van der Waals surface area (Å²) >= 11 is 0. The van der Waals surface area contributed by atoms with Crippen LogP contribution in [0.15, 0.2) is 65.5 Å². The van der Waals surface area contributed by atoms with Crippen molar-refractivity contribution in [2.45, 2.75) is 12.5 Å². The lowest BCUT2D eigenvalue weighted by Crippen LogP contribution is -2.35. The molecule has 0 aliphatic heterocycles. The van der Waals surface area contributed by atoms with Crippen molar-refractivity contribution in [2.75, 3.05) is 20.6 Å². The molecule has 0 bridgehead atoms. The molecule has 25 heavy (non-hydrogen) atoms. The first-order valence-corrected chi connectivity index (χ1v) is 8.19. The number of furan rings is 1. The summed E-state index contributed by atoms with van der Waals surface area (Å²) in [4.78, 5) is 14.3. The third-order valence-electron chi connectivity index (χ3n) is 4.06. The fourth-order valence-electron chi connectivity index (χ4n) is 2.67. The molecule has 130 valence electrons. The Morgan fingerprint density at radius 1 is 1.24 bits per heavy atom. The molecule has 3 aromatic rings. The average Bonchev–Trinajstić information content (AvgIpc) is 3.29. The third kappa shape index (κ3) is 4.36. The predicted octanol–water partition coefficient (Wildman–Crippen LogP) is 2.43. The van der Waals surface area contributed by atoms with Gasteiger partial charge in [0.1, 0.15) is 5.76 Å². The van der Waals surface area contributed by atoms with Gasteiger partial charge in [-0.2, -0.15) is 5.10 Å². The van der Waals surface area contributed by atoms with Crippen molar-refractivity contribution in [1.29, 1.82) is 0 Å². The molecule has 1 N–H and O–H groups in total. The van der Waals surface area contributed by atoms with E-state index in [1.807, 2.05) is 67.7 Å². The Bertz CT molecular complexity index is 777. The minimum atomic E-state index is -0.00903. The highest BCUT2D eigenvalue weighted by molar-refractivity contribution is 5.78. The van der Waals surface area contributed by atoms with Crippen LogP contribution in [0.1, 0.15) is 17.4 Å². The van der Waals surface area contributed by atoms with Crippen LogP contribution in [0.5, 0.6) is 0 Å². The smallest absolute Gasteiger partial charge is 0.224 e. The van der Waals surface area contributed by atoms with Crippen LogP contribution < -0.4 is 5.32 Å². The zero-order valence-corrected chi connectivity index (χ0v) is 14.4. The molecule has 0 radical (unpaired) electrons. The zero-order chi connectivity index (χ0) is 17.6. The van der Waals surface area contributed by atoms with E-state index in [0.717, 1.165) is 17.0 Å². The van der Waals surface area contributed by atoms with Gasteiger partial charge in [0.05, 0.1) is 24.4 Å². The number of aromatic nitrogens is 2. The molecular weight excluding hydrogens is 316 g/mol. The van der Waals surface area contributed by atoms with Crippen molar-refractivity contribution < 1.29 is 9.21 Å². The van der Waals surface area contributed by atoms with E-state index in [9.17, 15) is 4.79 Å². The van der Waals surface area contributed by atoms with Gasteiger partial charge in [-0.15, -0.1) is 0 Å². The van der Waals surface area contributed by atoms with E-state index in [4.69, 9.17) is 4.42 Å². The number of amides is 1. The Morgan fingerprint density at radius 3 is 2.64 bits per heavy atom. The second kappa shape index (κ2) is 7.81. The first kappa shape index (κ1) is 17.0. The summed E-state index contributed by atoms with van der Waals surface area (Å²) in [6.07, 6.45) is 5.62. The van der Waals surface area contributed by atoms with Crippen LogP contribution in [-0.2, 0) is 11.2 Å². The van der Waals surface area contributed by atoms with Crippen LogP contribution in [0.25, 0.3) is 5.69 Å². The number of rotatable bonds is 7. The molecule has 6 heteroatoms. The molecule has 6 nitrogen and oxygen atoms in total. The lowest BCUT2D eigenvalue weighted by atomic mass is 10.1. The normalized spacial score (nSPS) is 12.3. The van der Waals surface area contributed by atoms with Crippen LogP contribution in [0.2, 0.25) is 0 Å². The van der Waals surface area contributed by atoms with Gasteiger partial charge in [0.25, 0.3) is 0 Å². The topological polar surface area (TPSA) is 63.3 Å². The summed E-state index contributed by atoms with van der Waals surface area (Å²) in [7, 11) is 3.93. The molecule has 0 aliphatic rings. The van der Waals surface area contributed by atoms with E-state index in [1.54, 1.807) is 17.1 Å². The van der Waals surface area contributed by atoms with Gasteiger partial charge in [0.15, 0.2) is 0 Å². The van der Waals surface area contributed by atoms with Crippen molar-refractivity contribution in [3.05, 3.63) is 72.4 Å². The van der Waals surface area contributed by atoms with Crippen molar-refractivity contribution in [2.24, 2.45) is 0 Å². The quantitative estimate of drug-likeness (QED) is 0.719. The van der Waals surface area contributed by atoms with E-state index in [-0.39, 0.29) is 11.9 Å². The lowest BCUT2D eigenvalue weighted by molar-refractivity contribution is -0.120. The van der Waals surface area contributed by atoms with E-state index in [1.165, 1.54) is 0 Å². The molecule has 2 aromatic heterocycles. The molecule has 1 atom stereocenters. The van der Waals surface area contributed by atoms with Crippen LogP contribution >= 0.6 is 0 Å². The summed E-state index contributed by atoms with van der Waals surface area (Å²) in [5, 5.41) is 7.18. The van der Waals surface area contributed by atoms with Crippen LogP contribution in [0.3, 0.4) is 0 Å². The van der Waals surface area contributed by atoms with Crippen LogP contribution in [0, 0.1) is 0 Å². The van der Waals surface area contributed by atoms with Crippen molar-refractivity contribution in [3.63, 3.8) is 0 Å². The number of carbonyl (C=O) groups is 1. The molecule has 0 fully saturated rings. The number of benzene rings is 1. The van der Waals surface area contributed by atoms with Crippen molar-refractivity contribution in [1.82, 2.24) is 20.0 Å². The zero-order valence-electron chi connectivity index (χ0n) is 14.4. The molecule has 0 aliphatic carbocycles. The highest BCUT2D eigenvalue weighted by Crippen LogP contribution is 2.17. The maximum atomic E-state index is 12.2. The molecule has 2 heterocycles. The Kier molecular flexibility index (Phi) is 5.30. The van der Waals surface area contributed by atoms with Crippen LogP contribution in [0.4, 0.5) is 0 Å². The number of likely N-dealkylation sites (N-methyl/N-ethyl adjacent to an activating group) is 1. The Labute approximate surface area is 147 Å². The molecule has 1 amide bonds. The maximum Gasteiger partial charge on any atom is 0.224 e. The first-order valence-electron chi connectivity index (χ1n) is 8.19. The van der Waals surface area contributed by atoms with E-state index < -0.39 is 0 Å². The fraction of sp³-hybridized carbons (Fsp3) is 0.263. The summed E-state index contributed by atoms with van der Waals surface area (Å²) in [5.74, 6) is 0.833. The van der Waals surface area contributed by atoms with Gasteiger partial charge in [-0.1, -0.05) is 12.1 Å². The second-order valence-corrected chi connectivity index (χ2v) is 6.09. The average molecular weight is 338 g/mol. The summed E-state index contributed by atoms with van der Waals surface area (Å²) in [6, 6.07) is 13.5. The number of carbonyl (C=O) groups excluding carboxylic acids is 1. The first-order chi connectivity index (χ1) is 12.1. The Balaban J connectivity index is 1.55. The maximum absolute atomic E-state index is 12.2. The molecule has 0 unspecified atom stereocenters. The van der Waals surface area contributed by atoms with Gasteiger partial charge in [-0.05, 0) is 50.0 Å². The minimum Gasteiger partial charge on any atom is -0.468 e. The summed E-state index contributed by atoms with van der Waals surface area (Å²) in [5.41, 5.74) is 1.94. The van der Waals surface area contributed by atoms with Gasteiger partial charge >= 0.3 is 0 Å². The highest BCUT2D eigenvalue weighted by atomic mass is 16.3. The summed E-state index contributed by atoms with van der Waals surface area (Å²) in [6.45, 7) is 0.505. The third-order valence-corrected chi connectivity index (χ3v) is 4.06. The van der Waals surface area contributed by atoms with Gasteiger partial charge in [-0.3, -0.25) is 9.69 Å². The van der Waals surface area contributed by atoms with Gasteiger partial charge < -0.3 is 9.73 Å². The van der Waals surface area contributed by atoms with E-state index in [0.29, 0.717) is 13.0 Å². The number of hydrogen-bond acceptors (Lipinski definition) is 4. The van der Waals surface area contributed by atoms with Crippen molar-refractivity contribution in [3.8, 4) is 5.69 Å². The Hall–Kier alpha value is -2.86. The van der Waals surface area contributed by atoms with E-state index in [2.05, 4.69) is 10.4 Å². The largest absolute Gasteiger partial charge is 0.468 e. The second-order valence-electron chi connectivity index (χ2n) is 6.09. The van der Waals surface area contributed by atoms with Gasteiger partial charge in [-0.25, -0.2) is 4.68 Å². The van der Waals surface area contributed by atoms with E-state index >= 15 is 0 Å². The van der Waals surface area contributed by atoms with Crippen LogP contribution in [-0.4, -0.2) is 41.2 Å². The molecule has 0 saturated carbocycles. The molecule has 1 aromatic carbocycles. The fourth-order valence-corrected chi connectivity index (χ4v) is 2.67. The minimum absolute atomic E-state index is 0.00903. The molecular formula is C19H22N4O2.